The first kappa shape index (κ1) is 25.2. The van der Waals surface area contributed by atoms with Gasteiger partial charge in [-0.15, -0.1) is 0 Å². The second-order valence-electron chi connectivity index (χ2n) is 11.9. The molecule has 0 bridgehead atoms. The predicted molar refractivity (Wildman–Crippen MR) is 149 cm³/mol. The van der Waals surface area contributed by atoms with Gasteiger partial charge in [0, 0.05) is 16.9 Å². The van der Waals surface area contributed by atoms with Crippen LogP contribution in [0, 0.1) is 17.3 Å². The van der Waals surface area contributed by atoms with Gasteiger partial charge in [-0.05, 0) is 78.8 Å². The maximum atomic E-state index is 11.8. The maximum absolute atomic E-state index is 11.8. The second-order valence-corrected chi connectivity index (χ2v) is 11.9. The molecular formula is C34H42O2. The molecule has 3 aliphatic rings. The van der Waals surface area contributed by atoms with Gasteiger partial charge in [0.25, 0.3) is 0 Å². The number of ketones is 1. The average Bonchev–Trinajstić information content (AvgIpc) is 3.43. The molecule has 2 atom stereocenters. The van der Waals surface area contributed by atoms with Crippen LogP contribution in [-0.2, 0) is 24.0 Å². The smallest absolute Gasteiger partial charge is 0.159 e. The predicted octanol–water partition coefficient (Wildman–Crippen LogP) is 8.18. The highest BCUT2D eigenvalue weighted by molar-refractivity contribution is 5.95. The number of hydrogen-bond acceptors (Lipinski definition) is 2. The van der Waals surface area contributed by atoms with Crippen LogP contribution in [0.5, 0.6) is 0 Å². The molecule has 5 rings (SSSR count). The molecule has 0 saturated heterocycles. The first-order valence-electron chi connectivity index (χ1n) is 14.1. The Morgan fingerprint density at radius 1 is 1.08 bits per heavy atom. The third kappa shape index (κ3) is 5.59. The zero-order valence-electron chi connectivity index (χ0n) is 22.3. The Morgan fingerprint density at radius 3 is 2.64 bits per heavy atom. The van der Waals surface area contributed by atoms with Gasteiger partial charge < -0.3 is 4.74 Å². The number of Topliss-reactive ketones (excluding diaryl/α,β-unsaturated/α-hetero) is 1. The standard InChI is InChI=1S/C34H42O2/c1-24-32-20-28(25(2)35)13-14-30(32)21-33(24)31-15-17-34(3,22-31)23-36-18-16-27-11-7-8-12-29(27)19-26-9-5-4-6-10-26/h7-8,11-14,20,22,26,33H,1,4-6,9-10,15-19,21,23H2,2-3H3. The van der Waals surface area contributed by atoms with E-state index >= 15 is 0 Å². The van der Waals surface area contributed by atoms with Crippen LogP contribution in [0.2, 0.25) is 0 Å². The molecule has 0 aromatic heterocycles. The van der Waals surface area contributed by atoms with E-state index in [9.17, 15) is 4.79 Å². The maximum Gasteiger partial charge on any atom is 0.159 e. The summed E-state index contributed by atoms with van der Waals surface area (Å²) in [5.74, 6) is 1.36. The van der Waals surface area contributed by atoms with E-state index in [1.165, 1.54) is 71.9 Å². The summed E-state index contributed by atoms with van der Waals surface area (Å²) >= 11 is 0. The van der Waals surface area contributed by atoms with Crippen molar-refractivity contribution in [3.63, 3.8) is 0 Å². The van der Waals surface area contributed by atoms with E-state index in [1.807, 2.05) is 12.1 Å². The molecule has 1 saturated carbocycles. The quantitative estimate of drug-likeness (QED) is 0.205. The minimum atomic E-state index is 0.0938. The fraction of sp³-hybridized carbons (Fsp3) is 0.500. The highest BCUT2D eigenvalue weighted by Crippen LogP contribution is 2.47. The summed E-state index contributed by atoms with van der Waals surface area (Å²) in [6, 6.07) is 15.2. The molecular weight excluding hydrogens is 440 g/mol. The first-order chi connectivity index (χ1) is 17.4. The fourth-order valence-electron chi connectivity index (χ4n) is 6.76. The molecule has 2 aromatic rings. The van der Waals surface area contributed by atoms with Gasteiger partial charge in [0.15, 0.2) is 5.78 Å². The van der Waals surface area contributed by atoms with Crippen LogP contribution >= 0.6 is 0 Å². The van der Waals surface area contributed by atoms with Gasteiger partial charge in [0.2, 0.25) is 0 Å². The van der Waals surface area contributed by atoms with E-state index in [1.54, 1.807) is 6.92 Å². The summed E-state index contributed by atoms with van der Waals surface area (Å²) in [6.07, 6.45) is 15.0. The van der Waals surface area contributed by atoms with Gasteiger partial charge in [0.1, 0.15) is 0 Å². The van der Waals surface area contributed by atoms with E-state index in [0.717, 1.165) is 50.4 Å². The molecule has 190 valence electrons. The number of rotatable bonds is 9. The van der Waals surface area contributed by atoms with Crippen LogP contribution in [0.1, 0.15) is 91.4 Å². The van der Waals surface area contributed by atoms with Crippen molar-refractivity contribution in [3.8, 4) is 0 Å². The summed E-state index contributed by atoms with van der Waals surface area (Å²) in [5, 5.41) is 0. The van der Waals surface area contributed by atoms with Crippen molar-refractivity contribution in [2.45, 2.75) is 78.1 Å². The third-order valence-corrected chi connectivity index (χ3v) is 8.97. The highest BCUT2D eigenvalue weighted by atomic mass is 16.5. The average molecular weight is 483 g/mol. The summed E-state index contributed by atoms with van der Waals surface area (Å²) in [7, 11) is 0. The molecule has 2 aromatic carbocycles. The lowest BCUT2D eigenvalue weighted by molar-refractivity contribution is 0.0777. The number of benzene rings is 2. The summed E-state index contributed by atoms with van der Waals surface area (Å²) in [5.41, 5.74) is 9.09. The topological polar surface area (TPSA) is 26.3 Å². The molecule has 2 nitrogen and oxygen atoms in total. The molecule has 3 aliphatic carbocycles. The molecule has 36 heavy (non-hydrogen) atoms. The van der Waals surface area contributed by atoms with Crippen molar-refractivity contribution in [2.75, 3.05) is 13.2 Å². The van der Waals surface area contributed by atoms with E-state index < -0.39 is 0 Å². The molecule has 2 heteroatoms. The minimum Gasteiger partial charge on any atom is -0.380 e. The zero-order valence-corrected chi connectivity index (χ0v) is 22.3. The molecule has 0 radical (unpaired) electrons. The van der Waals surface area contributed by atoms with Gasteiger partial charge in [0.05, 0.1) is 13.2 Å². The first-order valence-corrected chi connectivity index (χ1v) is 14.1. The summed E-state index contributed by atoms with van der Waals surface area (Å²) in [4.78, 5) is 11.8. The highest BCUT2D eigenvalue weighted by Gasteiger charge is 2.35. The zero-order chi connectivity index (χ0) is 25.1. The normalized spacial score (nSPS) is 24.1. The molecule has 0 spiro atoms. The second kappa shape index (κ2) is 10.9. The lowest BCUT2D eigenvalue weighted by atomic mass is 9.83. The van der Waals surface area contributed by atoms with Crippen LogP contribution in [-0.4, -0.2) is 19.0 Å². The molecule has 2 unspecified atom stereocenters. The van der Waals surface area contributed by atoms with E-state index in [0.29, 0.717) is 5.92 Å². The minimum absolute atomic E-state index is 0.0938. The lowest BCUT2D eigenvalue weighted by Crippen LogP contribution is -2.19. The number of allylic oxidation sites excluding steroid dienone is 2. The van der Waals surface area contributed by atoms with Gasteiger partial charge in [-0.3, -0.25) is 4.79 Å². The molecule has 0 amide bonds. The number of fused-ring (bicyclic) bond motifs is 1. The van der Waals surface area contributed by atoms with Gasteiger partial charge in [-0.1, -0.05) is 93.7 Å². The van der Waals surface area contributed by atoms with Crippen molar-refractivity contribution in [1.82, 2.24) is 0 Å². The monoisotopic (exact) mass is 482 g/mol. The Labute approximate surface area is 217 Å². The van der Waals surface area contributed by atoms with Crippen LogP contribution < -0.4 is 0 Å². The Hall–Kier alpha value is -2.45. The summed E-state index contributed by atoms with van der Waals surface area (Å²) < 4.78 is 6.31. The Kier molecular flexibility index (Phi) is 7.62. The summed E-state index contributed by atoms with van der Waals surface area (Å²) in [6.45, 7) is 9.99. The van der Waals surface area contributed by atoms with Crippen molar-refractivity contribution in [1.29, 1.82) is 0 Å². The lowest BCUT2D eigenvalue weighted by Gasteiger charge is -2.23. The molecule has 0 aliphatic heterocycles. The van der Waals surface area contributed by atoms with Gasteiger partial charge in [-0.2, -0.15) is 0 Å². The van der Waals surface area contributed by atoms with Crippen molar-refractivity contribution in [2.24, 2.45) is 17.3 Å². The van der Waals surface area contributed by atoms with Crippen molar-refractivity contribution in [3.05, 3.63) is 88.5 Å². The molecule has 0 heterocycles. The van der Waals surface area contributed by atoms with E-state index in [2.05, 4.69) is 49.9 Å². The fourth-order valence-corrected chi connectivity index (χ4v) is 6.76. The van der Waals surface area contributed by atoms with Gasteiger partial charge in [-0.25, -0.2) is 0 Å². The van der Waals surface area contributed by atoms with Crippen molar-refractivity contribution >= 4 is 11.4 Å². The van der Waals surface area contributed by atoms with E-state index in [4.69, 9.17) is 4.74 Å². The number of hydrogen-bond donors (Lipinski definition) is 0. The molecule has 1 fully saturated rings. The Bertz CT molecular complexity index is 1150. The Balaban J connectivity index is 1.15. The third-order valence-electron chi connectivity index (χ3n) is 8.97. The molecule has 0 N–H and O–H groups in total. The van der Waals surface area contributed by atoms with Crippen LogP contribution in [0.25, 0.3) is 5.57 Å². The van der Waals surface area contributed by atoms with E-state index in [-0.39, 0.29) is 11.2 Å². The van der Waals surface area contributed by atoms with Crippen LogP contribution in [0.3, 0.4) is 0 Å². The van der Waals surface area contributed by atoms with Crippen LogP contribution in [0.4, 0.5) is 0 Å². The van der Waals surface area contributed by atoms with Gasteiger partial charge >= 0.3 is 0 Å². The van der Waals surface area contributed by atoms with Crippen LogP contribution in [0.15, 0.2) is 60.7 Å². The Morgan fingerprint density at radius 2 is 1.86 bits per heavy atom. The SMILES string of the molecule is C=C1c2cc(C(C)=O)ccc2CC1C1=CC(C)(COCCc2ccccc2CC2CCCCC2)CC1. The number of carbonyl (C=O) groups is 1. The van der Waals surface area contributed by atoms with Crippen molar-refractivity contribution < 1.29 is 9.53 Å². The number of ether oxygens (including phenoxy) is 1. The number of carbonyl (C=O) groups excluding carboxylic acids is 1. The largest absolute Gasteiger partial charge is 0.380 e.